The Kier molecular flexibility index (Phi) is 2.42. The minimum absolute atomic E-state index is 0.00755. The Balaban J connectivity index is 1.58. The molecule has 3 unspecified atom stereocenters. The molecule has 3 heterocycles. The zero-order valence-corrected chi connectivity index (χ0v) is 11.1. The van der Waals surface area contributed by atoms with E-state index in [4.69, 9.17) is 0 Å². The maximum atomic E-state index is 12.6. The van der Waals surface area contributed by atoms with Crippen LogP contribution in [0.3, 0.4) is 0 Å². The van der Waals surface area contributed by atoms with Gasteiger partial charge in [0.15, 0.2) is 0 Å². The first-order chi connectivity index (χ1) is 9.24. The van der Waals surface area contributed by atoms with Crippen LogP contribution in [0.25, 0.3) is 0 Å². The summed E-state index contributed by atoms with van der Waals surface area (Å²) in [6, 6.07) is 0.623. The molecule has 1 aromatic rings. The number of nitrogens with zero attached hydrogens (tertiary/aromatic N) is 3. The fraction of sp³-hybridized carbons (Fsp3) is 0.769. The van der Waals surface area contributed by atoms with Gasteiger partial charge in [0.05, 0.1) is 0 Å². The lowest BCUT2D eigenvalue weighted by molar-refractivity contribution is 0.0670. The van der Waals surface area contributed by atoms with Gasteiger partial charge in [-0.25, -0.2) is 4.98 Å². The molecule has 1 saturated carbocycles. The summed E-state index contributed by atoms with van der Waals surface area (Å²) < 4.78 is 0. The molecule has 1 aliphatic carbocycles. The highest BCUT2D eigenvalue weighted by molar-refractivity contribution is 5.91. The quantitative estimate of drug-likeness (QED) is 0.813. The third-order valence-electron chi connectivity index (χ3n) is 4.67. The number of carbonyl (C=O) groups excluding carboxylic acids is 1. The van der Waals surface area contributed by atoms with Gasteiger partial charge in [-0.15, -0.1) is 5.10 Å². The number of amides is 1. The number of rotatable bonds is 2. The Hall–Kier alpha value is -1.43. The van der Waals surface area contributed by atoms with E-state index >= 15 is 0 Å². The number of H-pyrrole nitrogens is 1. The highest BCUT2D eigenvalue weighted by Crippen LogP contribution is 2.38. The first kappa shape index (κ1) is 11.4. The topological polar surface area (TPSA) is 73.9 Å². The summed E-state index contributed by atoms with van der Waals surface area (Å²) >= 11 is 0. The van der Waals surface area contributed by atoms with Crippen LogP contribution in [0.2, 0.25) is 0 Å². The summed E-state index contributed by atoms with van der Waals surface area (Å²) in [6.45, 7) is 4.06. The molecule has 2 saturated heterocycles. The van der Waals surface area contributed by atoms with Gasteiger partial charge in [0, 0.05) is 31.1 Å². The molecule has 2 aliphatic heterocycles. The van der Waals surface area contributed by atoms with Crippen molar-refractivity contribution in [2.24, 2.45) is 5.92 Å². The predicted octanol–water partition coefficient (Wildman–Crippen LogP) is 0.504. The number of aromatic amines is 1. The maximum absolute atomic E-state index is 12.6. The van der Waals surface area contributed by atoms with Crippen LogP contribution >= 0.6 is 0 Å². The van der Waals surface area contributed by atoms with Crippen LogP contribution in [-0.4, -0.2) is 51.2 Å². The van der Waals surface area contributed by atoms with Gasteiger partial charge in [-0.3, -0.25) is 9.89 Å². The van der Waals surface area contributed by atoms with Gasteiger partial charge in [0.1, 0.15) is 5.82 Å². The van der Waals surface area contributed by atoms with Crippen LogP contribution < -0.4 is 5.32 Å². The molecule has 2 N–H and O–H groups in total. The first-order valence-corrected chi connectivity index (χ1v) is 7.19. The molecule has 0 radical (unpaired) electrons. The van der Waals surface area contributed by atoms with E-state index < -0.39 is 0 Å². The first-order valence-electron chi connectivity index (χ1n) is 7.19. The molecule has 3 fully saturated rings. The maximum Gasteiger partial charge on any atom is 0.294 e. The highest BCUT2D eigenvalue weighted by atomic mass is 16.2. The number of likely N-dealkylation sites (tertiary alicyclic amines) is 1. The van der Waals surface area contributed by atoms with Gasteiger partial charge in [0.2, 0.25) is 5.82 Å². The number of carbonyl (C=O) groups is 1. The van der Waals surface area contributed by atoms with Gasteiger partial charge in [-0.1, -0.05) is 0 Å². The summed E-state index contributed by atoms with van der Waals surface area (Å²) in [6.07, 6.45) is 3.42. The van der Waals surface area contributed by atoms with Gasteiger partial charge >= 0.3 is 0 Å². The largest absolute Gasteiger partial charge is 0.329 e. The Bertz CT molecular complexity index is 509. The van der Waals surface area contributed by atoms with E-state index in [1.54, 1.807) is 0 Å². The molecule has 3 aliphatic rings. The predicted molar refractivity (Wildman–Crippen MR) is 68.8 cm³/mol. The summed E-state index contributed by atoms with van der Waals surface area (Å²) in [5.74, 6) is 2.33. The summed E-state index contributed by atoms with van der Waals surface area (Å²) in [7, 11) is 0. The Morgan fingerprint density at radius 1 is 1.37 bits per heavy atom. The van der Waals surface area contributed by atoms with E-state index in [0.29, 0.717) is 29.7 Å². The normalized spacial score (nSPS) is 33.7. The molecule has 6 heteroatoms. The molecule has 19 heavy (non-hydrogen) atoms. The third-order valence-corrected chi connectivity index (χ3v) is 4.67. The van der Waals surface area contributed by atoms with E-state index in [1.807, 2.05) is 4.90 Å². The van der Waals surface area contributed by atoms with Crippen molar-refractivity contribution in [2.75, 3.05) is 13.1 Å². The van der Waals surface area contributed by atoms with Crippen molar-refractivity contribution in [3.8, 4) is 0 Å². The van der Waals surface area contributed by atoms with Crippen molar-refractivity contribution in [2.45, 2.75) is 44.2 Å². The van der Waals surface area contributed by atoms with Crippen molar-refractivity contribution in [1.29, 1.82) is 0 Å². The number of hydrogen-bond donors (Lipinski definition) is 2. The van der Waals surface area contributed by atoms with Crippen LogP contribution in [0.5, 0.6) is 0 Å². The smallest absolute Gasteiger partial charge is 0.294 e. The Morgan fingerprint density at radius 2 is 2.21 bits per heavy atom. The van der Waals surface area contributed by atoms with Crippen molar-refractivity contribution in [3.63, 3.8) is 0 Å². The zero-order valence-electron chi connectivity index (χ0n) is 11.1. The lowest BCUT2D eigenvalue weighted by atomic mass is 10.0. The summed E-state index contributed by atoms with van der Waals surface area (Å²) in [4.78, 5) is 19.0. The van der Waals surface area contributed by atoms with Gasteiger partial charge in [-0.2, -0.15) is 0 Å². The van der Waals surface area contributed by atoms with E-state index in [9.17, 15) is 4.79 Å². The van der Waals surface area contributed by atoms with Crippen LogP contribution in [-0.2, 0) is 0 Å². The molecule has 0 bridgehead atoms. The minimum atomic E-state index is -0.00755. The number of aromatic nitrogens is 3. The average molecular weight is 261 g/mol. The summed E-state index contributed by atoms with van der Waals surface area (Å²) in [5.41, 5.74) is 0. The molecule has 1 aromatic heterocycles. The lowest BCUT2D eigenvalue weighted by Gasteiger charge is -2.26. The SMILES string of the molecule is CC1CC2CNCC2N1C(=O)c1n[nH]c(C2CC2)n1. The van der Waals surface area contributed by atoms with Crippen molar-refractivity contribution in [1.82, 2.24) is 25.4 Å². The molecule has 0 aromatic carbocycles. The van der Waals surface area contributed by atoms with Gasteiger partial charge < -0.3 is 10.2 Å². The Labute approximate surface area is 112 Å². The van der Waals surface area contributed by atoms with E-state index in [-0.39, 0.29) is 5.91 Å². The zero-order chi connectivity index (χ0) is 13.0. The second-order valence-electron chi connectivity index (χ2n) is 6.10. The molecular weight excluding hydrogens is 242 g/mol. The van der Waals surface area contributed by atoms with E-state index in [1.165, 1.54) is 0 Å². The number of fused-ring (bicyclic) bond motifs is 1. The van der Waals surface area contributed by atoms with Gasteiger partial charge in [0.25, 0.3) is 5.91 Å². The second kappa shape index (κ2) is 4.03. The fourth-order valence-corrected chi connectivity index (χ4v) is 3.54. The molecule has 6 nitrogen and oxygen atoms in total. The third kappa shape index (κ3) is 1.77. The fourth-order valence-electron chi connectivity index (χ4n) is 3.54. The molecule has 0 spiro atoms. The number of nitrogens with one attached hydrogen (secondary N) is 2. The molecular formula is C13H19N5O. The van der Waals surface area contributed by atoms with Crippen molar-refractivity contribution in [3.05, 3.63) is 11.6 Å². The van der Waals surface area contributed by atoms with Crippen molar-refractivity contribution >= 4 is 5.91 Å². The molecule has 102 valence electrons. The average Bonchev–Trinajstić information content (AvgIpc) is 2.84. The van der Waals surface area contributed by atoms with Crippen LogP contribution in [0.1, 0.15) is 48.5 Å². The molecule has 1 amide bonds. The van der Waals surface area contributed by atoms with E-state index in [2.05, 4.69) is 27.4 Å². The van der Waals surface area contributed by atoms with Crippen molar-refractivity contribution < 1.29 is 4.79 Å². The van der Waals surface area contributed by atoms with E-state index in [0.717, 1.165) is 38.2 Å². The highest BCUT2D eigenvalue weighted by Gasteiger charge is 2.45. The molecule has 4 rings (SSSR count). The monoisotopic (exact) mass is 261 g/mol. The summed E-state index contributed by atoms with van der Waals surface area (Å²) in [5, 5.41) is 10.4. The Morgan fingerprint density at radius 3 is 3.00 bits per heavy atom. The molecule has 3 atom stereocenters. The lowest BCUT2D eigenvalue weighted by Crippen LogP contribution is -2.43. The second-order valence-corrected chi connectivity index (χ2v) is 6.10. The number of hydrogen-bond acceptors (Lipinski definition) is 4. The van der Waals surface area contributed by atoms with Crippen LogP contribution in [0.4, 0.5) is 0 Å². The van der Waals surface area contributed by atoms with Gasteiger partial charge in [-0.05, 0) is 32.1 Å². The minimum Gasteiger partial charge on any atom is -0.329 e. The standard InChI is InChI=1S/C13H19N5O/c1-7-4-9-5-14-6-10(9)18(7)13(19)12-15-11(16-17-12)8-2-3-8/h7-10,14H,2-6H2,1H3,(H,15,16,17). The van der Waals surface area contributed by atoms with Crippen LogP contribution in [0.15, 0.2) is 0 Å². The van der Waals surface area contributed by atoms with Crippen LogP contribution in [0, 0.1) is 5.92 Å².